The SMILES string of the molecule is CNCCNC(=O)C1C=CC=C(SCC(C)=O)C=C1. The van der Waals surface area contributed by atoms with Gasteiger partial charge in [0, 0.05) is 18.0 Å². The van der Waals surface area contributed by atoms with E-state index in [0.29, 0.717) is 12.3 Å². The molecular weight excluding hydrogens is 260 g/mol. The van der Waals surface area contributed by atoms with Crippen molar-refractivity contribution in [3.8, 4) is 0 Å². The molecule has 5 heteroatoms. The van der Waals surface area contributed by atoms with E-state index in [9.17, 15) is 9.59 Å². The lowest BCUT2D eigenvalue weighted by Crippen LogP contribution is -2.33. The molecule has 0 saturated carbocycles. The van der Waals surface area contributed by atoms with Gasteiger partial charge in [-0.3, -0.25) is 9.59 Å². The van der Waals surface area contributed by atoms with Crippen molar-refractivity contribution in [1.82, 2.24) is 10.6 Å². The van der Waals surface area contributed by atoms with Gasteiger partial charge in [-0.05, 0) is 20.0 Å². The van der Waals surface area contributed by atoms with Crippen molar-refractivity contribution in [2.24, 2.45) is 5.92 Å². The quantitative estimate of drug-likeness (QED) is 0.690. The van der Waals surface area contributed by atoms with Crippen LogP contribution in [0.5, 0.6) is 0 Å². The monoisotopic (exact) mass is 280 g/mol. The number of ketones is 1. The van der Waals surface area contributed by atoms with Crippen molar-refractivity contribution >= 4 is 23.5 Å². The second kappa shape index (κ2) is 8.72. The van der Waals surface area contributed by atoms with Crippen LogP contribution in [0.25, 0.3) is 0 Å². The third kappa shape index (κ3) is 6.40. The Morgan fingerprint density at radius 2 is 2.11 bits per heavy atom. The fourth-order valence-electron chi connectivity index (χ4n) is 1.47. The number of hydrogen-bond donors (Lipinski definition) is 2. The smallest absolute Gasteiger partial charge is 0.230 e. The predicted octanol–water partition coefficient (Wildman–Crippen LogP) is 1.27. The van der Waals surface area contributed by atoms with E-state index < -0.39 is 0 Å². The molecule has 0 saturated heterocycles. The van der Waals surface area contributed by atoms with Gasteiger partial charge in [-0.25, -0.2) is 0 Å². The van der Waals surface area contributed by atoms with Gasteiger partial charge in [0.2, 0.25) is 5.91 Å². The number of Topliss-reactive ketones (excluding diaryl/α,β-unsaturated/α-hetero) is 1. The van der Waals surface area contributed by atoms with E-state index in [-0.39, 0.29) is 17.6 Å². The maximum Gasteiger partial charge on any atom is 0.230 e. The fraction of sp³-hybridized carbons (Fsp3) is 0.429. The minimum absolute atomic E-state index is 0.00559. The third-order valence-corrected chi connectivity index (χ3v) is 3.62. The Kier molecular flexibility index (Phi) is 7.22. The molecule has 1 amide bonds. The summed E-state index contributed by atoms with van der Waals surface area (Å²) in [6.45, 7) is 2.94. The Bertz CT molecular complexity index is 414. The summed E-state index contributed by atoms with van der Waals surface area (Å²) in [7, 11) is 1.85. The van der Waals surface area contributed by atoms with E-state index >= 15 is 0 Å². The first-order chi connectivity index (χ1) is 9.13. The lowest BCUT2D eigenvalue weighted by Gasteiger charge is -2.08. The maximum atomic E-state index is 11.9. The van der Waals surface area contributed by atoms with Gasteiger partial charge in [-0.1, -0.05) is 24.3 Å². The van der Waals surface area contributed by atoms with Crippen LogP contribution in [0, 0.1) is 5.92 Å². The van der Waals surface area contributed by atoms with Crippen LogP contribution in [0.15, 0.2) is 35.3 Å². The van der Waals surface area contributed by atoms with Gasteiger partial charge >= 0.3 is 0 Å². The number of nitrogens with one attached hydrogen (secondary N) is 2. The van der Waals surface area contributed by atoms with Crippen LogP contribution < -0.4 is 10.6 Å². The summed E-state index contributed by atoms with van der Waals surface area (Å²) in [5.41, 5.74) is 0. The van der Waals surface area contributed by atoms with Crippen molar-refractivity contribution in [2.45, 2.75) is 6.92 Å². The van der Waals surface area contributed by atoms with Crippen molar-refractivity contribution in [2.75, 3.05) is 25.9 Å². The van der Waals surface area contributed by atoms with Gasteiger partial charge in [-0.2, -0.15) is 0 Å². The maximum absolute atomic E-state index is 11.9. The second-order valence-corrected chi connectivity index (χ2v) is 5.27. The first-order valence-corrected chi connectivity index (χ1v) is 7.23. The zero-order valence-electron chi connectivity index (χ0n) is 11.3. The summed E-state index contributed by atoms with van der Waals surface area (Å²) in [5, 5.41) is 5.83. The summed E-state index contributed by atoms with van der Waals surface area (Å²) in [5.74, 6) is 0.356. The molecule has 19 heavy (non-hydrogen) atoms. The van der Waals surface area contributed by atoms with Crippen LogP contribution in [0.4, 0.5) is 0 Å². The summed E-state index contributed by atoms with van der Waals surface area (Å²) in [6, 6.07) is 0. The lowest BCUT2D eigenvalue weighted by atomic mass is 10.1. The van der Waals surface area contributed by atoms with Crippen LogP contribution in [0.1, 0.15) is 6.92 Å². The minimum atomic E-state index is -0.247. The standard InChI is InChI=1S/C14H20N2O2S/c1-11(17)10-19-13-5-3-4-12(6-7-13)14(18)16-9-8-15-2/h3-7,12,15H,8-10H2,1-2H3,(H,16,18). The van der Waals surface area contributed by atoms with E-state index in [1.165, 1.54) is 11.8 Å². The number of thioether (sulfide) groups is 1. The molecule has 0 aromatic heterocycles. The molecule has 1 aliphatic carbocycles. The molecule has 1 unspecified atom stereocenters. The van der Waals surface area contributed by atoms with Crippen molar-refractivity contribution < 1.29 is 9.59 Å². The van der Waals surface area contributed by atoms with Gasteiger partial charge < -0.3 is 10.6 Å². The molecule has 4 nitrogen and oxygen atoms in total. The molecule has 1 rings (SSSR count). The molecule has 0 aromatic rings. The van der Waals surface area contributed by atoms with Crippen LogP contribution >= 0.6 is 11.8 Å². The minimum Gasteiger partial charge on any atom is -0.354 e. The first-order valence-electron chi connectivity index (χ1n) is 6.24. The summed E-state index contributed by atoms with van der Waals surface area (Å²) in [6.07, 6.45) is 9.40. The van der Waals surface area contributed by atoms with Gasteiger partial charge in [0.25, 0.3) is 0 Å². The number of hydrogen-bond acceptors (Lipinski definition) is 4. The van der Waals surface area contributed by atoms with E-state index in [2.05, 4.69) is 10.6 Å². The zero-order valence-corrected chi connectivity index (χ0v) is 12.1. The average molecular weight is 280 g/mol. The number of rotatable bonds is 7. The Morgan fingerprint density at radius 1 is 1.32 bits per heavy atom. The number of carbonyl (C=O) groups is 2. The average Bonchev–Trinajstić information content (AvgIpc) is 2.62. The largest absolute Gasteiger partial charge is 0.354 e. The number of carbonyl (C=O) groups excluding carboxylic acids is 2. The number of allylic oxidation sites excluding steroid dienone is 3. The highest BCUT2D eigenvalue weighted by Gasteiger charge is 2.12. The lowest BCUT2D eigenvalue weighted by molar-refractivity contribution is -0.122. The van der Waals surface area contributed by atoms with Crippen molar-refractivity contribution in [3.63, 3.8) is 0 Å². The van der Waals surface area contributed by atoms with Gasteiger partial charge in [-0.15, -0.1) is 11.8 Å². The third-order valence-electron chi connectivity index (χ3n) is 2.47. The van der Waals surface area contributed by atoms with Crippen LogP contribution in [-0.2, 0) is 9.59 Å². The second-order valence-electron chi connectivity index (χ2n) is 4.22. The normalized spacial score (nSPS) is 17.8. The van der Waals surface area contributed by atoms with E-state index in [1.807, 2.05) is 37.4 Å². The molecular formula is C14H20N2O2S. The van der Waals surface area contributed by atoms with Crippen molar-refractivity contribution in [3.05, 3.63) is 35.3 Å². The van der Waals surface area contributed by atoms with Crippen LogP contribution in [-0.4, -0.2) is 37.6 Å². The summed E-state index contributed by atoms with van der Waals surface area (Å²) in [4.78, 5) is 23.8. The molecule has 1 aliphatic rings. The molecule has 0 spiro atoms. The van der Waals surface area contributed by atoms with E-state index in [4.69, 9.17) is 0 Å². The molecule has 104 valence electrons. The molecule has 0 aromatic carbocycles. The number of likely N-dealkylation sites (N-methyl/N-ethyl adjacent to an activating group) is 1. The first kappa shape index (κ1) is 15.7. The van der Waals surface area contributed by atoms with Crippen LogP contribution in [0.2, 0.25) is 0 Å². The molecule has 0 radical (unpaired) electrons. The summed E-state index contributed by atoms with van der Waals surface area (Å²) >= 11 is 1.49. The molecule has 2 N–H and O–H groups in total. The summed E-state index contributed by atoms with van der Waals surface area (Å²) < 4.78 is 0. The Balaban J connectivity index is 2.47. The molecule has 0 aliphatic heterocycles. The topological polar surface area (TPSA) is 58.2 Å². The van der Waals surface area contributed by atoms with Gasteiger partial charge in [0.05, 0.1) is 11.7 Å². The fourth-order valence-corrected chi connectivity index (χ4v) is 2.19. The van der Waals surface area contributed by atoms with Gasteiger partial charge in [0.15, 0.2) is 0 Å². The molecule has 0 heterocycles. The molecule has 0 fully saturated rings. The number of amides is 1. The van der Waals surface area contributed by atoms with E-state index in [0.717, 1.165) is 11.4 Å². The van der Waals surface area contributed by atoms with Gasteiger partial charge in [0.1, 0.15) is 5.78 Å². The molecule has 1 atom stereocenters. The zero-order chi connectivity index (χ0) is 14.1. The Labute approximate surface area is 118 Å². The molecule has 0 bridgehead atoms. The highest BCUT2D eigenvalue weighted by Crippen LogP contribution is 2.21. The highest BCUT2D eigenvalue weighted by molar-refractivity contribution is 8.03. The van der Waals surface area contributed by atoms with E-state index in [1.54, 1.807) is 6.92 Å². The van der Waals surface area contributed by atoms with Crippen LogP contribution in [0.3, 0.4) is 0 Å². The predicted molar refractivity (Wildman–Crippen MR) is 79.9 cm³/mol. The van der Waals surface area contributed by atoms with Crippen molar-refractivity contribution in [1.29, 1.82) is 0 Å². The highest BCUT2D eigenvalue weighted by atomic mass is 32.2. The Hall–Kier alpha value is -1.33. The Morgan fingerprint density at radius 3 is 2.79 bits per heavy atom.